The second kappa shape index (κ2) is 49.5. The van der Waals surface area contributed by atoms with Gasteiger partial charge in [0.25, 0.3) is 0 Å². The molecule has 0 saturated heterocycles. The zero-order valence-electron chi connectivity index (χ0n) is 39.9. The largest absolute Gasteiger partial charge is 0.462 e. The maximum absolute atomic E-state index is 12.8. The predicted molar refractivity (Wildman–Crippen MR) is 261 cm³/mol. The molecule has 6 heteroatoms. The summed E-state index contributed by atoms with van der Waals surface area (Å²) in [4.78, 5) is 37.9. The molecule has 0 aliphatic carbocycles. The van der Waals surface area contributed by atoms with Crippen molar-refractivity contribution in [2.24, 2.45) is 0 Å². The van der Waals surface area contributed by atoms with E-state index >= 15 is 0 Å². The van der Waals surface area contributed by atoms with Crippen molar-refractivity contribution < 1.29 is 28.6 Å². The first-order chi connectivity index (χ1) is 30.0. The Kier molecular flexibility index (Phi) is 46.9. The molecular weight excluding hydrogens is 757 g/mol. The fraction of sp³-hybridized carbons (Fsp3) is 0.727. The van der Waals surface area contributed by atoms with E-state index in [1.165, 1.54) is 89.9 Å². The van der Waals surface area contributed by atoms with E-state index < -0.39 is 6.10 Å². The normalized spacial score (nSPS) is 12.6. The van der Waals surface area contributed by atoms with Gasteiger partial charge in [-0.25, -0.2) is 0 Å². The van der Waals surface area contributed by atoms with Gasteiger partial charge in [-0.05, 0) is 89.9 Å². The van der Waals surface area contributed by atoms with Crippen molar-refractivity contribution in [3.05, 3.63) is 72.9 Å². The van der Waals surface area contributed by atoms with Crippen LogP contribution in [0.1, 0.15) is 239 Å². The van der Waals surface area contributed by atoms with E-state index in [1.807, 2.05) is 0 Å². The van der Waals surface area contributed by atoms with Crippen molar-refractivity contribution in [3.8, 4) is 0 Å². The zero-order valence-corrected chi connectivity index (χ0v) is 39.9. The molecule has 0 N–H and O–H groups in total. The van der Waals surface area contributed by atoms with Gasteiger partial charge >= 0.3 is 17.9 Å². The summed E-state index contributed by atoms with van der Waals surface area (Å²) < 4.78 is 16.7. The number of carbonyl (C=O) groups excluding carboxylic acids is 3. The molecule has 0 aromatic heterocycles. The fourth-order valence-corrected chi connectivity index (χ4v) is 6.87. The van der Waals surface area contributed by atoms with Crippen molar-refractivity contribution in [1.82, 2.24) is 0 Å². The molecule has 61 heavy (non-hydrogen) atoms. The van der Waals surface area contributed by atoms with Gasteiger partial charge in [-0.2, -0.15) is 0 Å². The molecule has 0 bridgehead atoms. The molecule has 0 aliphatic heterocycles. The summed E-state index contributed by atoms with van der Waals surface area (Å²) in [5, 5.41) is 0. The maximum atomic E-state index is 12.8. The van der Waals surface area contributed by atoms with E-state index in [0.717, 1.165) is 109 Å². The number of allylic oxidation sites excluding steroid dienone is 12. The first-order valence-electron chi connectivity index (χ1n) is 25.4. The van der Waals surface area contributed by atoms with E-state index in [-0.39, 0.29) is 31.1 Å². The molecule has 350 valence electrons. The minimum absolute atomic E-state index is 0.0930. The molecule has 0 aromatic carbocycles. The summed E-state index contributed by atoms with van der Waals surface area (Å²) >= 11 is 0. The number of rotatable bonds is 45. The second-order valence-corrected chi connectivity index (χ2v) is 16.7. The third-order valence-corrected chi connectivity index (χ3v) is 10.7. The van der Waals surface area contributed by atoms with Crippen LogP contribution in [0, 0.1) is 0 Å². The van der Waals surface area contributed by atoms with Gasteiger partial charge in [-0.3, -0.25) is 14.4 Å². The highest BCUT2D eigenvalue weighted by Gasteiger charge is 2.19. The number of ether oxygens (including phenoxy) is 3. The molecule has 1 unspecified atom stereocenters. The van der Waals surface area contributed by atoms with Crippen molar-refractivity contribution in [2.75, 3.05) is 13.2 Å². The lowest BCUT2D eigenvalue weighted by molar-refractivity contribution is -0.167. The van der Waals surface area contributed by atoms with Crippen LogP contribution in [0.4, 0.5) is 0 Å². The van der Waals surface area contributed by atoms with Gasteiger partial charge in [0, 0.05) is 19.3 Å². The van der Waals surface area contributed by atoms with Gasteiger partial charge in [0.05, 0.1) is 0 Å². The van der Waals surface area contributed by atoms with Crippen LogP contribution in [0.15, 0.2) is 72.9 Å². The molecule has 0 amide bonds. The minimum atomic E-state index is -0.797. The van der Waals surface area contributed by atoms with Crippen LogP contribution >= 0.6 is 0 Å². The first-order valence-corrected chi connectivity index (χ1v) is 25.4. The van der Waals surface area contributed by atoms with Crippen molar-refractivity contribution in [1.29, 1.82) is 0 Å². The summed E-state index contributed by atoms with van der Waals surface area (Å²) in [6.07, 6.45) is 61.7. The lowest BCUT2D eigenvalue weighted by Gasteiger charge is -2.18. The highest BCUT2D eigenvalue weighted by Crippen LogP contribution is 2.14. The Morgan fingerprint density at radius 2 is 0.639 bits per heavy atom. The monoisotopic (exact) mass is 851 g/mol. The Hall–Kier alpha value is -3.15. The van der Waals surface area contributed by atoms with Gasteiger partial charge in [-0.15, -0.1) is 0 Å². The zero-order chi connectivity index (χ0) is 44.4. The minimum Gasteiger partial charge on any atom is -0.462 e. The van der Waals surface area contributed by atoms with Crippen molar-refractivity contribution >= 4 is 17.9 Å². The van der Waals surface area contributed by atoms with E-state index in [2.05, 4.69) is 93.7 Å². The average molecular weight is 851 g/mol. The molecule has 0 aliphatic rings. The third-order valence-electron chi connectivity index (χ3n) is 10.7. The van der Waals surface area contributed by atoms with Gasteiger partial charge in [0.1, 0.15) is 13.2 Å². The molecule has 0 rings (SSSR count). The quantitative estimate of drug-likeness (QED) is 0.0263. The summed E-state index contributed by atoms with van der Waals surface area (Å²) in [6.45, 7) is 6.45. The van der Waals surface area contributed by atoms with Crippen LogP contribution in [0.3, 0.4) is 0 Å². The summed E-state index contributed by atoms with van der Waals surface area (Å²) in [7, 11) is 0. The Balaban J connectivity index is 4.47. The molecule has 1 atom stereocenters. The molecule has 0 saturated carbocycles. The Bertz CT molecular complexity index is 1160. The second-order valence-electron chi connectivity index (χ2n) is 16.7. The molecule has 0 aromatic rings. The number of unbranched alkanes of at least 4 members (excludes halogenated alkanes) is 22. The maximum Gasteiger partial charge on any atom is 0.306 e. The predicted octanol–water partition coefficient (Wildman–Crippen LogP) is 16.6. The lowest BCUT2D eigenvalue weighted by Crippen LogP contribution is -2.30. The van der Waals surface area contributed by atoms with Crippen LogP contribution < -0.4 is 0 Å². The van der Waals surface area contributed by atoms with Crippen LogP contribution in [-0.2, 0) is 28.6 Å². The Morgan fingerprint density at radius 3 is 1.07 bits per heavy atom. The summed E-state index contributed by atoms with van der Waals surface area (Å²) in [5.74, 6) is -0.949. The van der Waals surface area contributed by atoms with Crippen LogP contribution in [0.2, 0.25) is 0 Å². The summed E-state index contributed by atoms with van der Waals surface area (Å²) in [6, 6.07) is 0. The summed E-state index contributed by atoms with van der Waals surface area (Å²) in [5.41, 5.74) is 0. The van der Waals surface area contributed by atoms with E-state index in [1.54, 1.807) is 0 Å². The molecular formula is C55H94O6. The number of hydrogen-bond donors (Lipinski definition) is 0. The highest BCUT2D eigenvalue weighted by atomic mass is 16.6. The van der Waals surface area contributed by atoms with Gasteiger partial charge in [0.2, 0.25) is 0 Å². The van der Waals surface area contributed by atoms with Gasteiger partial charge in [0.15, 0.2) is 6.10 Å². The van der Waals surface area contributed by atoms with Crippen LogP contribution in [0.5, 0.6) is 0 Å². The Morgan fingerprint density at radius 1 is 0.344 bits per heavy atom. The van der Waals surface area contributed by atoms with Crippen LogP contribution in [-0.4, -0.2) is 37.2 Å². The highest BCUT2D eigenvalue weighted by molar-refractivity contribution is 5.71. The van der Waals surface area contributed by atoms with Crippen LogP contribution in [0.25, 0.3) is 0 Å². The van der Waals surface area contributed by atoms with Gasteiger partial charge < -0.3 is 14.2 Å². The molecule has 0 spiro atoms. The topological polar surface area (TPSA) is 78.9 Å². The van der Waals surface area contributed by atoms with E-state index in [9.17, 15) is 14.4 Å². The standard InChI is InChI=1S/C55H94O6/c1-4-7-10-13-16-19-22-25-27-30-33-36-39-42-45-48-54(57)60-51-52(50-59-53(56)47-44-41-38-35-32-29-24-21-18-15-12-9-6-3)61-55(58)49-46-43-40-37-34-31-28-26-23-20-17-14-11-8-5-2/h7,10,16-17,19-20,25-28,33,36,52H,4-6,8-9,11-15,18,21-24,29-32,34-35,37-51H2,1-3H3/b10-7-,19-16-,20-17-,27-25-,28-26-,36-33-. The Labute approximate surface area is 376 Å². The smallest absolute Gasteiger partial charge is 0.306 e. The fourth-order valence-electron chi connectivity index (χ4n) is 6.87. The molecule has 0 heterocycles. The number of carbonyl (C=O) groups is 3. The SMILES string of the molecule is CC/C=C\C/C=C\C/C=C\C/C=C\CCCCC(=O)OCC(COC(=O)CCCCCCCCCCCCCCC)OC(=O)CCCCCCC/C=C\C/C=C\CCCCC. The lowest BCUT2D eigenvalue weighted by atomic mass is 10.0. The first kappa shape index (κ1) is 57.9. The average Bonchev–Trinajstić information content (AvgIpc) is 3.26. The van der Waals surface area contributed by atoms with Crippen molar-refractivity contribution in [3.63, 3.8) is 0 Å². The molecule has 0 fully saturated rings. The van der Waals surface area contributed by atoms with Gasteiger partial charge in [-0.1, -0.05) is 203 Å². The number of esters is 3. The van der Waals surface area contributed by atoms with E-state index in [0.29, 0.717) is 19.3 Å². The molecule has 6 nitrogen and oxygen atoms in total. The third kappa shape index (κ3) is 47.7. The number of hydrogen-bond acceptors (Lipinski definition) is 6. The molecule has 0 radical (unpaired) electrons. The van der Waals surface area contributed by atoms with E-state index in [4.69, 9.17) is 14.2 Å². The van der Waals surface area contributed by atoms with Crippen molar-refractivity contribution in [2.45, 2.75) is 245 Å².